The number of amides is 2. The molecule has 0 saturated carbocycles. The largest absolute Gasteiger partial charge is 0.421 e. The zero-order chi connectivity index (χ0) is 21.6. The number of urea groups is 1. The fraction of sp³-hybridized carbons (Fsp3) is 0.350. The monoisotopic (exact) mass is 430 g/mol. The summed E-state index contributed by atoms with van der Waals surface area (Å²) in [7, 11) is 0. The molecule has 29 heavy (non-hydrogen) atoms. The lowest BCUT2D eigenvalue weighted by molar-refractivity contribution is -0.265. The molecular formula is C20H19ClF4N2O2. The highest BCUT2D eigenvalue weighted by Crippen LogP contribution is 2.51. The Morgan fingerprint density at radius 2 is 1.90 bits per heavy atom. The number of nitrogens with one attached hydrogen (secondary N) is 2. The van der Waals surface area contributed by atoms with E-state index >= 15 is 0 Å². The number of hydrogen-bond acceptors (Lipinski definition) is 2. The van der Waals surface area contributed by atoms with Crippen LogP contribution in [0.2, 0.25) is 5.02 Å². The first-order chi connectivity index (χ1) is 13.4. The number of aliphatic hydroxyl groups is 1. The molecule has 0 bridgehead atoms. The molecule has 2 aromatic rings. The van der Waals surface area contributed by atoms with Crippen molar-refractivity contribution >= 4 is 23.3 Å². The van der Waals surface area contributed by atoms with E-state index in [1.165, 1.54) is 24.3 Å². The number of fused-ring (bicyclic) bond motifs is 1. The van der Waals surface area contributed by atoms with Gasteiger partial charge in [0.1, 0.15) is 5.82 Å². The van der Waals surface area contributed by atoms with E-state index in [2.05, 4.69) is 10.6 Å². The molecule has 0 radical (unpaired) electrons. The Bertz CT molecular complexity index is 947. The number of benzene rings is 2. The molecule has 9 heteroatoms. The lowest BCUT2D eigenvalue weighted by Gasteiger charge is -2.27. The van der Waals surface area contributed by atoms with E-state index in [1.807, 2.05) is 0 Å². The Balaban J connectivity index is 1.82. The van der Waals surface area contributed by atoms with Crippen molar-refractivity contribution in [1.29, 1.82) is 0 Å². The first-order valence-corrected chi connectivity index (χ1v) is 9.26. The van der Waals surface area contributed by atoms with Crippen LogP contribution in [0, 0.1) is 12.7 Å². The van der Waals surface area contributed by atoms with Gasteiger partial charge in [0.15, 0.2) is 5.60 Å². The summed E-state index contributed by atoms with van der Waals surface area (Å²) < 4.78 is 53.0. The van der Waals surface area contributed by atoms with Crippen LogP contribution in [0.25, 0.3) is 0 Å². The summed E-state index contributed by atoms with van der Waals surface area (Å²) in [4.78, 5) is 12.4. The van der Waals surface area contributed by atoms with Crippen LogP contribution in [-0.4, -0.2) is 17.3 Å². The van der Waals surface area contributed by atoms with Crippen molar-refractivity contribution in [2.24, 2.45) is 0 Å². The normalized spacial score (nSPS) is 19.6. The maximum absolute atomic E-state index is 13.3. The first-order valence-electron chi connectivity index (χ1n) is 8.88. The molecule has 4 nitrogen and oxygen atoms in total. The summed E-state index contributed by atoms with van der Waals surface area (Å²) in [6, 6.07) is 5.61. The van der Waals surface area contributed by atoms with Gasteiger partial charge in [-0.05, 0) is 67.1 Å². The van der Waals surface area contributed by atoms with Gasteiger partial charge in [0, 0.05) is 0 Å². The summed E-state index contributed by atoms with van der Waals surface area (Å²) in [5, 5.41) is 15.3. The topological polar surface area (TPSA) is 61.4 Å². The molecule has 1 aliphatic rings. The van der Waals surface area contributed by atoms with E-state index in [9.17, 15) is 27.5 Å². The van der Waals surface area contributed by atoms with E-state index in [4.69, 9.17) is 11.6 Å². The number of rotatable bonds is 3. The van der Waals surface area contributed by atoms with Crippen molar-refractivity contribution in [2.45, 2.75) is 44.5 Å². The van der Waals surface area contributed by atoms with E-state index in [1.54, 1.807) is 13.8 Å². The molecule has 0 aliphatic heterocycles. The van der Waals surface area contributed by atoms with Crippen molar-refractivity contribution < 1.29 is 27.5 Å². The Morgan fingerprint density at radius 3 is 2.48 bits per heavy atom. The van der Waals surface area contributed by atoms with Gasteiger partial charge in [-0.25, -0.2) is 9.18 Å². The van der Waals surface area contributed by atoms with Crippen molar-refractivity contribution in [3.05, 3.63) is 63.4 Å². The van der Waals surface area contributed by atoms with Gasteiger partial charge < -0.3 is 15.7 Å². The molecular weight excluding hydrogens is 412 g/mol. The zero-order valence-electron chi connectivity index (χ0n) is 15.6. The summed E-state index contributed by atoms with van der Waals surface area (Å²) in [5.74, 6) is -0.398. The van der Waals surface area contributed by atoms with Gasteiger partial charge in [-0.15, -0.1) is 0 Å². The van der Waals surface area contributed by atoms with Crippen LogP contribution in [0.3, 0.4) is 0 Å². The minimum atomic E-state index is -4.83. The van der Waals surface area contributed by atoms with Crippen molar-refractivity contribution in [3.63, 3.8) is 0 Å². The molecule has 0 fully saturated rings. The Kier molecular flexibility index (Phi) is 5.53. The van der Waals surface area contributed by atoms with E-state index in [0.29, 0.717) is 16.7 Å². The summed E-state index contributed by atoms with van der Waals surface area (Å²) >= 11 is 6.14. The van der Waals surface area contributed by atoms with Crippen molar-refractivity contribution in [2.75, 3.05) is 5.32 Å². The average molecular weight is 431 g/mol. The molecule has 156 valence electrons. The van der Waals surface area contributed by atoms with Gasteiger partial charge in [0.05, 0.1) is 16.8 Å². The highest BCUT2D eigenvalue weighted by molar-refractivity contribution is 6.34. The molecule has 0 unspecified atom stereocenters. The molecule has 2 amide bonds. The fourth-order valence-electron chi connectivity index (χ4n) is 3.58. The van der Waals surface area contributed by atoms with Gasteiger partial charge in [-0.2, -0.15) is 13.2 Å². The van der Waals surface area contributed by atoms with Crippen LogP contribution in [0.1, 0.15) is 41.6 Å². The number of carbonyl (C=O) groups is 1. The van der Waals surface area contributed by atoms with Gasteiger partial charge in [-0.1, -0.05) is 23.7 Å². The summed E-state index contributed by atoms with van der Waals surface area (Å²) in [6.07, 6.45) is -5.32. The van der Waals surface area contributed by atoms with Crippen LogP contribution in [0.4, 0.5) is 28.0 Å². The molecule has 1 aliphatic carbocycles. The minimum Gasteiger partial charge on any atom is -0.376 e. The molecule has 3 rings (SSSR count). The second-order valence-corrected chi connectivity index (χ2v) is 7.52. The van der Waals surface area contributed by atoms with Gasteiger partial charge in [0.25, 0.3) is 0 Å². The molecule has 0 aromatic heterocycles. The van der Waals surface area contributed by atoms with E-state index in [0.717, 1.165) is 6.07 Å². The summed E-state index contributed by atoms with van der Waals surface area (Å²) in [6.45, 7) is 3.25. The van der Waals surface area contributed by atoms with Gasteiger partial charge in [0.2, 0.25) is 0 Å². The minimum absolute atomic E-state index is 0.0105. The maximum atomic E-state index is 13.3. The number of hydrogen-bond donors (Lipinski definition) is 3. The van der Waals surface area contributed by atoms with Gasteiger partial charge in [-0.3, -0.25) is 0 Å². The van der Waals surface area contributed by atoms with Crippen LogP contribution in [0.15, 0.2) is 30.3 Å². The Labute approximate surface area is 169 Å². The molecule has 0 heterocycles. The Hall–Kier alpha value is -2.32. The third-order valence-corrected chi connectivity index (χ3v) is 5.57. The summed E-state index contributed by atoms with van der Waals surface area (Å²) in [5.41, 5.74) is -1.69. The van der Waals surface area contributed by atoms with Crippen LogP contribution < -0.4 is 10.6 Å². The third-order valence-electron chi connectivity index (χ3n) is 5.27. The molecule has 0 saturated heterocycles. The maximum Gasteiger partial charge on any atom is 0.421 e. The van der Waals surface area contributed by atoms with Crippen LogP contribution in [0.5, 0.6) is 0 Å². The number of halogens is 5. The van der Waals surface area contributed by atoms with Crippen molar-refractivity contribution in [1.82, 2.24) is 5.32 Å². The molecule has 0 spiro atoms. The second kappa shape index (κ2) is 7.50. The van der Waals surface area contributed by atoms with Crippen molar-refractivity contribution in [3.8, 4) is 0 Å². The van der Waals surface area contributed by atoms with Crippen LogP contribution in [-0.2, 0) is 12.0 Å². The SMILES string of the molecule is Cc1c2c(cc(Cl)c1NC(=O)N[C@H](C)c1ccc(F)cc1)[C@@](O)(C(F)(F)F)CC2. The smallest absolute Gasteiger partial charge is 0.376 e. The first kappa shape index (κ1) is 21.4. The van der Waals surface area contributed by atoms with Gasteiger partial charge >= 0.3 is 12.2 Å². The lowest BCUT2D eigenvalue weighted by atomic mass is 9.93. The predicted octanol–water partition coefficient (Wildman–Crippen LogP) is 5.37. The highest BCUT2D eigenvalue weighted by atomic mass is 35.5. The number of carbonyl (C=O) groups excluding carboxylic acids is 1. The molecule has 3 N–H and O–H groups in total. The Morgan fingerprint density at radius 1 is 1.28 bits per heavy atom. The predicted molar refractivity (Wildman–Crippen MR) is 101 cm³/mol. The average Bonchev–Trinajstić information content (AvgIpc) is 2.97. The second-order valence-electron chi connectivity index (χ2n) is 7.11. The van der Waals surface area contributed by atoms with E-state index in [-0.39, 0.29) is 22.7 Å². The fourth-order valence-corrected chi connectivity index (χ4v) is 3.88. The quantitative estimate of drug-likeness (QED) is 0.573. The van der Waals surface area contributed by atoms with Crippen LogP contribution >= 0.6 is 11.6 Å². The van der Waals surface area contributed by atoms with E-state index < -0.39 is 36.1 Å². The standard InChI is InChI=1S/C20H19ClF4N2O2/c1-10-14-7-8-19(29,20(23,24)25)15(14)9-16(21)17(10)27-18(28)26-11(2)12-3-5-13(22)6-4-12/h3-6,9,11,29H,7-8H2,1-2H3,(H2,26,27,28)/t11-,19-/m1/s1. The number of anilines is 1. The zero-order valence-corrected chi connectivity index (χ0v) is 16.4. The third kappa shape index (κ3) is 3.91. The molecule has 2 atom stereocenters. The molecule has 2 aromatic carbocycles. The lowest BCUT2D eigenvalue weighted by Crippen LogP contribution is -2.40. The highest BCUT2D eigenvalue weighted by Gasteiger charge is 2.58. The number of alkyl halides is 3.